The Morgan fingerprint density at radius 3 is 2.48 bits per heavy atom. The molecule has 2 aromatic carbocycles. The highest BCUT2D eigenvalue weighted by molar-refractivity contribution is 5.78. The van der Waals surface area contributed by atoms with Crippen molar-refractivity contribution in [3.8, 4) is 16.9 Å². The number of halogens is 4. The van der Waals surface area contributed by atoms with Gasteiger partial charge in [-0.25, -0.2) is 9.18 Å². The van der Waals surface area contributed by atoms with Gasteiger partial charge in [-0.05, 0) is 56.2 Å². The van der Waals surface area contributed by atoms with E-state index in [1.165, 1.54) is 18.2 Å². The van der Waals surface area contributed by atoms with Gasteiger partial charge in [0.05, 0.1) is 6.61 Å². The number of alkyl halides is 3. The number of aryl methyl sites for hydroxylation is 1. The molecule has 0 aliphatic carbocycles. The molecule has 3 rings (SSSR count). The van der Waals surface area contributed by atoms with E-state index >= 15 is 0 Å². The molecular weight excluding hydrogens is 412 g/mol. The summed E-state index contributed by atoms with van der Waals surface area (Å²) in [4.78, 5) is 12.4. The minimum Gasteiger partial charge on any atom is -0.424 e. The molecule has 31 heavy (non-hydrogen) atoms. The second kappa shape index (κ2) is 9.64. The van der Waals surface area contributed by atoms with Gasteiger partial charge in [0.2, 0.25) is 0 Å². The molecule has 1 aliphatic heterocycles. The van der Waals surface area contributed by atoms with E-state index in [2.05, 4.69) is 6.58 Å². The summed E-state index contributed by atoms with van der Waals surface area (Å²) in [5.74, 6) is -3.02. The lowest BCUT2D eigenvalue weighted by molar-refractivity contribution is -0.155. The Bertz CT molecular complexity index is 927. The number of carbonyl (C=O) groups is 1. The number of esters is 1. The quantitative estimate of drug-likeness (QED) is 0.225. The Morgan fingerprint density at radius 2 is 1.90 bits per heavy atom. The summed E-state index contributed by atoms with van der Waals surface area (Å²) in [5.41, 5.74) is -0.623. The molecule has 0 N–H and O–H groups in total. The van der Waals surface area contributed by atoms with Crippen LogP contribution in [0.5, 0.6) is 5.75 Å². The highest BCUT2D eigenvalue weighted by atomic mass is 19.4. The van der Waals surface area contributed by atoms with Crippen molar-refractivity contribution in [1.82, 2.24) is 0 Å². The summed E-state index contributed by atoms with van der Waals surface area (Å²) in [5, 5.41) is 0. The SMILES string of the molecule is C=CCCC1CCC(C(=O)Oc2ccc(-c3ccc(C)cc3)c(F)c2C(F)(F)F)OC1. The number of ether oxygens (including phenoxy) is 2. The molecule has 1 aliphatic rings. The maximum Gasteiger partial charge on any atom is 0.422 e. The zero-order valence-electron chi connectivity index (χ0n) is 17.2. The van der Waals surface area contributed by atoms with Crippen LogP contribution in [-0.2, 0) is 15.7 Å². The summed E-state index contributed by atoms with van der Waals surface area (Å²) in [7, 11) is 0. The zero-order chi connectivity index (χ0) is 22.6. The summed E-state index contributed by atoms with van der Waals surface area (Å²) >= 11 is 0. The van der Waals surface area contributed by atoms with Gasteiger partial charge < -0.3 is 9.47 Å². The van der Waals surface area contributed by atoms with Crippen LogP contribution in [0.1, 0.15) is 36.8 Å². The van der Waals surface area contributed by atoms with E-state index in [0.29, 0.717) is 25.0 Å². The molecule has 3 nitrogen and oxygen atoms in total. The first kappa shape index (κ1) is 23.0. The molecule has 2 unspecified atom stereocenters. The lowest BCUT2D eigenvalue weighted by Gasteiger charge is -2.27. The number of benzene rings is 2. The number of rotatable bonds is 6. The van der Waals surface area contributed by atoms with Crippen LogP contribution in [0, 0.1) is 18.7 Å². The molecule has 1 heterocycles. The van der Waals surface area contributed by atoms with E-state index < -0.39 is 35.4 Å². The molecule has 0 bridgehead atoms. The van der Waals surface area contributed by atoms with Gasteiger partial charge in [-0.15, -0.1) is 6.58 Å². The zero-order valence-corrected chi connectivity index (χ0v) is 17.2. The van der Waals surface area contributed by atoms with Crippen LogP contribution in [0.4, 0.5) is 17.6 Å². The second-order valence-electron chi connectivity index (χ2n) is 7.72. The summed E-state index contributed by atoms with van der Waals surface area (Å²) in [6.07, 6.45) is -1.48. The minimum atomic E-state index is -5.04. The van der Waals surface area contributed by atoms with Crippen LogP contribution < -0.4 is 4.74 Å². The molecule has 2 atom stereocenters. The molecule has 7 heteroatoms. The minimum absolute atomic E-state index is 0.217. The molecule has 0 spiro atoms. The van der Waals surface area contributed by atoms with E-state index in [9.17, 15) is 22.4 Å². The van der Waals surface area contributed by atoms with Gasteiger partial charge in [0, 0.05) is 5.56 Å². The summed E-state index contributed by atoms with van der Waals surface area (Å²) < 4.78 is 66.4. The van der Waals surface area contributed by atoms with Crippen LogP contribution in [0.15, 0.2) is 49.1 Å². The van der Waals surface area contributed by atoms with E-state index in [1.54, 1.807) is 18.2 Å². The van der Waals surface area contributed by atoms with Crippen molar-refractivity contribution in [2.75, 3.05) is 6.61 Å². The van der Waals surface area contributed by atoms with Gasteiger partial charge in [0.25, 0.3) is 0 Å². The predicted octanol–water partition coefficient (Wildman–Crippen LogP) is 6.49. The maximum absolute atomic E-state index is 14.9. The largest absolute Gasteiger partial charge is 0.424 e. The van der Waals surface area contributed by atoms with Crippen molar-refractivity contribution in [3.05, 3.63) is 66.0 Å². The predicted molar refractivity (Wildman–Crippen MR) is 109 cm³/mol. The van der Waals surface area contributed by atoms with Crippen LogP contribution in [0.25, 0.3) is 11.1 Å². The van der Waals surface area contributed by atoms with E-state index in [0.717, 1.165) is 24.5 Å². The maximum atomic E-state index is 14.9. The second-order valence-corrected chi connectivity index (χ2v) is 7.72. The Labute approximate surface area is 178 Å². The van der Waals surface area contributed by atoms with Gasteiger partial charge in [0.1, 0.15) is 17.1 Å². The lowest BCUT2D eigenvalue weighted by Crippen LogP contribution is -2.35. The highest BCUT2D eigenvalue weighted by Crippen LogP contribution is 2.42. The number of carbonyl (C=O) groups excluding carboxylic acids is 1. The van der Waals surface area contributed by atoms with Crippen molar-refractivity contribution in [1.29, 1.82) is 0 Å². The van der Waals surface area contributed by atoms with Crippen molar-refractivity contribution < 1.29 is 31.8 Å². The first-order valence-electron chi connectivity index (χ1n) is 10.1. The van der Waals surface area contributed by atoms with Crippen molar-refractivity contribution in [3.63, 3.8) is 0 Å². The highest BCUT2D eigenvalue weighted by Gasteiger charge is 2.40. The van der Waals surface area contributed by atoms with Gasteiger partial charge in [-0.1, -0.05) is 35.9 Å². The number of allylic oxidation sites excluding steroid dienone is 1. The molecular formula is C24H24F4O3. The lowest BCUT2D eigenvalue weighted by atomic mass is 9.94. The van der Waals surface area contributed by atoms with Crippen molar-refractivity contribution in [2.45, 2.75) is 44.9 Å². The average molecular weight is 436 g/mol. The summed E-state index contributed by atoms with van der Waals surface area (Å²) in [6, 6.07) is 8.60. The third kappa shape index (κ3) is 5.53. The topological polar surface area (TPSA) is 35.5 Å². The van der Waals surface area contributed by atoms with E-state index in [-0.39, 0.29) is 11.5 Å². The monoisotopic (exact) mass is 436 g/mol. The fourth-order valence-corrected chi connectivity index (χ4v) is 3.61. The third-order valence-electron chi connectivity index (χ3n) is 5.37. The van der Waals surface area contributed by atoms with Gasteiger partial charge in [0.15, 0.2) is 6.10 Å². The first-order valence-corrected chi connectivity index (χ1v) is 10.1. The van der Waals surface area contributed by atoms with Crippen molar-refractivity contribution in [2.24, 2.45) is 5.92 Å². The molecule has 0 saturated carbocycles. The Morgan fingerprint density at radius 1 is 1.19 bits per heavy atom. The molecule has 0 amide bonds. The molecule has 166 valence electrons. The summed E-state index contributed by atoms with van der Waals surface area (Å²) in [6.45, 7) is 5.80. The standard InChI is InChI=1S/C24H24F4O3/c1-3-4-5-16-8-12-20(30-14-16)23(29)31-19-13-11-18(17-9-6-15(2)7-10-17)22(25)21(19)24(26,27)28/h3,6-7,9-11,13,16,20H,1,4-5,8,12,14H2,2H3. The molecule has 1 saturated heterocycles. The Kier molecular flexibility index (Phi) is 7.15. The van der Waals surface area contributed by atoms with Crippen LogP contribution in [-0.4, -0.2) is 18.7 Å². The molecule has 0 aromatic heterocycles. The van der Waals surface area contributed by atoms with Gasteiger partial charge in [-0.3, -0.25) is 0 Å². The average Bonchev–Trinajstić information content (AvgIpc) is 2.72. The smallest absolute Gasteiger partial charge is 0.422 e. The molecule has 0 radical (unpaired) electrons. The van der Waals surface area contributed by atoms with Gasteiger partial charge >= 0.3 is 12.1 Å². The number of hydrogen-bond acceptors (Lipinski definition) is 3. The number of hydrogen-bond donors (Lipinski definition) is 0. The fourth-order valence-electron chi connectivity index (χ4n) is 3.61. The van der Waals surface area contributed by atoms with Crippen molar-refractivity contribution >= 4 is 5.97 Å². The third-order valence-corrected chi connectivity index (χ3v) is 5.37. The Balaban J connectivity index is 1.81. The fraction of sp³-hybridized carbons (Fsp3) is 0.375. The normalized spacial score (nSPS) is 19.1. The molecule has 2 aromatic rings. The van der Waals surface area contributed by atoms with Crippen LogP contribution in [0.3, 0.4) is 0 Å². The van der Waals surface area contributed by atoms with Crippen LogP contribution in [0.2, 0.25) is 0 Å². The van der Waals surface area contributed by atoms with E-state index in [1.807, 2.05) is 6.92 Å². The van der Waals surface area contributed by atoms with Crippen LogP contribution >= 0.6 is 0 Å². The van der Waals surface area contributed by atoms with E-state index in [4.69, 9.17) is 9.47 Å². The first-order chi connectivity index (χ1) is 14.7. The van der Waals surface area contributed by atoms with Gasteiger partial charge in [-0.2, -0.15) is 13.2 Å². The Hall–Kier alpha value is -2.67. The molecule has 1 fully saturated rings.